The molecule has 124 valence electrons. The molecule has 24 heavy (non-hydrogen) atoms. The van der Waals surface area contributed by atoms with Crippen LogP contribution in [0.25, 0.3) is 11.5 Å². The van der Waals surface area contributed by atoms with Crippen molar-refractivity contribution in [1.82, 2.24) is 20.0 Å². The molecule has 1 amide bonds. The number of aromatic nitrogens is 4. The standard InChI is InChI=1S/C16H17N5O2S/c1-10-6-4-5-7-12(10)15-18-19-16(23-15)24-9-14(22)17-13-8-11(2)20-21(13)3/h4-8H,9H2,1-3H3,(H,17,22). The number of hydrogen-bond acceptors (Lipinski definition) is 6. The van der Waals surface area contributed by atoms with Gasteiger partial charge in [-0.2, -0.15) is 5.10 Å². The summed E-state index contributed by atoms with van der Waals surface area (Å²) in [6.45, 7) is 3.85. The van der Waals surface area contributed by atoms with Crippen molar-refractivity contribution in [2.45, 2.75) is 19.1 Å². The van der Waals surface area contributed by atoms with Gasteiger partial charge in [0.05, 0.1) is 11.4 Å². The maximum atomic E-state index is 12.0. The molecular formula is C16H17N5O2S. The van der Waals surface area contributed by atoms with Crippen LogP contribution in [0.3, 0.4) is 0 Å². The predicted molar refractivity (Wildman–Crippen MR) is 91.8 cm³/mol. The Morgan fingerprint density at radius 2 is 2.08 bits per heavy atom. The van der Waals surface area contributed by atoms with Gasteiger partial charge in [0.25, 0.3) is 5.22 Å². The largest absolute Gasteiger partial charge is 0.411 e. The summed E-state index contributed by atoms with van der Waals surface area (Å²) in [4.78, 5) is 12.0. The van der Waals surface area contributed by atoms with E-state index in [2.05, 4.69) is 20.6 Å². The van der Waals surface area contributed by atoms with E-state index in [-0.39, 0.29) is 11.7 Å². The van der Waals surface area contributed by atoms with E-state index in [9.17, 15) is 4.79 Å². The number of rotatable bonds is 5. The Morgan fingerprint density at radius 3 is 2.79 bits per heavy atom. The van der Waals surface area contributed by atoms with Crippen LogP contribution in [0.15, 0.2) is 40.0 Å². The average Bonchev–Trinajstić information content (AvgIpc) is 3.13. The minimum Gasteiger partial charge on any atom is -0.411 e. The molecule has 0 aliphatic carbocycles. The first-order chi connectivity index (χ1) is 11.5. The number of anilines is 1. The Kier molecular flexibility index (Phi) is 4.66. The summed E-state index contributed by atoms with van der Waals surface area (Å²) in [5.41, 5.74) is 2.80. The maximum Gasteiger partial charge on any atom is 0.277 e. The van der Waals surface area contributed by atoms with Crippen LogP contribution in [0.1, 0.15) is 11.3 Å². The highest BCUT2D eigenvalue weighted by molar-refractivity contribution is 7.99. The summed E-state index contributed by atoms with van der Waals surface area (Å²) < 4.78 is 7.25. The van der Waals surface area contributed by atoms with Gasteiger partial charge in [-0.05, 0) is 25.5 Å². The van der Waals surface area contributed by atoms with Gasteiger partial charge in [0, 0.05) is 18.7 Å². The molecule has 0 radical (unpaired) electrons. The van der Waals surface area contributed by atoms with Crippen LogP contribution in [0, 0.1) is 13.8 Å². The Labute approximate surface area is 143 Å². The van der Waals surface area contributed by atoms with Gasteiger partial charge in [-0.3, -0.25) is 9.48 Å². The van der Waals surface area contributed by atoms with E-state index in [0.717, 1.165) is 16.8 Å². The number of benzene rings is 1. The lowest BCUT2D eigenvalue weighted by atomic mass is 10.1. The van der Waals surface area contributed by atoms with Crippen molar-refractivity contribution >= 4 is 23.5 Å². The summed E-state index contributed by atoms with van der Waals surface area (Å²) in [5.74, 6) is 1.14. The Morgan fingerprint density at radius 1 is 1.29 bits per heavy atom. The summed E-state index contributed by atoms with van der Waals surface area (Å²) in [7, 11) is 1.78. The number of carbonyl (C=O) groups is 1. The molecule has 0 saturated heterocycles. The number of nitrogens with one attached hydrogen (secondary N) is 1. The van der Waals surface area contributed by atoms with Crippen molar-refractivity contribution in [2.24, 2.45) is 7.05 Å². The lowest BCUT2D eigenvalue weighted by Gasteiger charge is -2.03. The Balaban J connectivity index is 1.60. The van der Waals surface area contributed by atoms with Crippen molar-refractivity contribution in [3.63, 3.8) is 0 Å². The van der Waals surface area contributed by atoms with Gasteiger partial charge >= 0.3 is 0 Å². The van der Waals surface area contributed by atoms with Crippen molar-refractivity contribution in [2.75, 3.05) is 11.1 Å². The van der Waals surface area contributed by atoms with Gasteiger partial charge in [-0.25, -0.2) is 0 Å². The van der Waals surface area contributed by atoms with Crippen LogP contribution in [-0.4, -0.2) is 31.6 Å². The van der Waals surface area contributed by atoms with Crippen molar-refractivity contribution in [1.29, 1.82) is 0 Å². The van der Waals surface area contributed by atoms with E-state index >= 15 is 0 Å². The monoisotopic (exact) mass is 343 g/mol. The van der Waals surface area contributed by atoms with E-state index in [0.29, 0.717) is 16.9 Å². The summed E-state index contributed by atoms with van der Waals surface area (Å²) in [6, 6.07) is 9.59. The van der Waals surface area contributed by atoms with Gasteiger partial charge in [0.15, 0.2) is 0 Å². The third-order valence-electron chi connectivity index (χ3n) is 3.38. The molecule has 3 aromatic rings. The zero-order valence-electron chi connectivity index (χ0n) is 13.6. The maximum absolute atomic E-state index is 12.0. The number of hydrogen-bond donors (Lipinski definition) is 1. The summed E-state index contributed by atoms with van der Waals surface area (Å²) in [6.07, 6.45) is 0. The molecule has 0 unspecified atom stereocenters. The molecule has 2 aromatic heterocycles. The molecule has 0 aliphatic heterocycles. The first kappa shape index (κ1) is 16.3. The predicted octanol–water partition coefficient (Wildman–Crippen LogP) is 2.82. The molecule has 0 fully saturated rings. The minimum atomic E-state index is -0.154. The molecule has 0 bridgehead atoms. The molecule has 3 rings (SSSR count). The fourth-order valence-corrected chi connectivity index (χ4v) is 2.79. The molecule has 7 nitrogen and oxygen atoms in total. The van der Waals surface area contributed by atoms with E-state index in [1.165, 1.54) is 11.8 Å². The second-order valence-corrected chi connectivity index (χ2v) is 6.25. The second-order valence-electron chi connectivity index (χ2n) is 5.32. The van der Waals surface area contributed by atoms with Gasteiger partial charge in [-0.15, -0.1) is 10.2 Å². The fourth-order valence-electron chi connectivity index (χ4n) is 2.22. The van der Waals surface area contributed by atoms with Gasteiger partial charge in [0.2, 0.25) is 11.8 Å². The molecule has 8 heteroatoms. The van der Waals surface area contributed by atoms with Crippen LogP contribution in [0.4, 0.5) is 5.82 Å². The normalized spacial score (nSPS) is 10.8. The first-order valence-corrected chi connectivity index (χ1v) is 8.34. The Hall–Kier alpha value is -2.61. The highest BCUT2D eigenvalue weighted by atomic mass is 32.2. The summed E-state index contributed by atoms with van der Waals surface area (Å²) >= 11 is 1.20. The molecule has 1 N–H and O–H groups in total. The Bertz CT molecular complexity index is 871. The van der Waals surface area contributed by atoms with Crippen LogP contribution in [-0.2, 0) is 11.8 Å². The van der Waals surface area contributed by atoms with Crippen molar-refractivity contribution < 1.29 is 9.21 Å². The smallest absolute Gasteiger partial charge is 0.277 e. The third kappa shape index (κ3) is 3.65. The van der Waals surface area contributed by atoms with Crippen LogP contribution < -0.4 is 5.32 Å². The number of nitrogens with zero attached hydrogens (tertiary/aromatic N) is 4. The first-order valence-electron chi connectivity index (χ1n) is 7.36. The van der Waals surface area contributed by atoms with Crippen LogP contribution in [0.2, 0.25) is 0 Å². The van der Waals surface area contributed by atoms with Gasteiger partial charge in [0.1, 0.15) is 5.82 Å². The number of aryl methyl sites for hydroxylation is 3. The summed E-state index contributed by atoms with van der Waals surface area (Å²) in [5, 5.41) is 15.4. The lowest BCUT2D eigenvalue weighted by Crippen LogP contribution is -2.16. The van der Waals surface area contributed by atoms with E-state index in [4.69, 9.17) is 4.42 Å². The highest BCUT2D eigenvalue weighted by Crippen LogP contribution is 2.25. The van der Waals surface area contributed by atoms with E-state index in [1.807, 2.05) is 44.2 Å². The minimum absolute atomic E-state index is 0.154. The molecule has 0 aliphatic rings. The molecule has 0 saturated carbocycles. The van der Waals surface area contributed by atoms with Crippen molar-refractivity contribution in [3.8, 4) is 11.5 Å². The average molecular weight is 343 g/mol. The van der Waals surface area contributed by atoms with E-state index in [1.54, 1.807) is 11.7 Å². The number of thioether (sulfide) groups is 1. The highest BCUT2D eigenvalue weighted by Gasteiger charge is 2.13. The number of amides is 1. The van der Waals surface area contributed by atoms with Crippen LogP contribution in [0.5, 0.6) is 0 Å². The third-order valence-corrected chi connectivity index (χ3v) is 4.20. The van der Waals surface area contributed by atoms with Crippen LogP contribution >= 0.6 is 11.8 Å². The SMILES string of the molecule is Cc1cc(NC(=O)CSc2nnc(-c3ccccc3C)o2)n(C)n1. The molecule has 0 atom stereocenters. The fraction of sp³-hybridized carbons (Fsp3) is 0.250. The zero-order chi connectivity index (χ0) is 17.1. The van der Waals surface area contributed by atoms with E-state index < -0.39 is 0 Å². The molecule has 0 spiro atoms. The zero-order valence-corrected chi connectivity index (χ0v) is 14.4. The topological polar surface area (TPSA) is 85.8 Å². The van der Waals surface area contributed by atoms with Gasteiger partial charge < -0.3 is 9.73 Å². The second kappa shape index (κ2) is 6.88. The quantitative estimate of drug-likeness (QED) is 0.717. The van der Waals surface area contributed by atoms with Crippen molar-refractivity contribution in [3.05, 3.63) is 41.6 Å². The number of carbonyl (C=O) groups excluding carboxylic acids is 1. The molecule has 2 heterocycles. The lowest BCUT2D eigenvalue weighted by molar-refractivity contribution is -0.113. The van der Waals surface area contributed by atoms with Gasteiger partial charge in [-0.1, -0.05) is 30.0 Å². The molecule has 1 aromatic carbocycles. The molecular weight excluding hydrogens is 326 g/mol.